The number of carbonyl (C=O) groups is 2. The molecule has 0 bridgehead atoms. The number of esters is 1. The Hall–Kier alpha value is -1.92. The fourth-order valence-electron chi connectivity index (χ4n) is 10.8. The predicted molar refractivity (Wildman–Crippen MR) is 338 cm³/mol. The van der Waals surface area contributed by atoms with Crippen molar-refractivity contribution in [2.24, 2.45) is 0 Å². The number of hydrogen-bond donors (Lipinski definition) is 3. The fraction of sp³-hybridized carbons (Fsp3) is 0.887. The van der Waals surface area contributed by atoms with Crippen LogP contribution in [0.2, 0.25) is 0 Å². The number of hydrogen-bond acceptors (Lipinski definition) is 5. The molecule has 1 amide bonds. The minimum absolute atomic E-state index is 0.00648. The molecular formula is C71H135NO5. The quantitative estimate of drug-likeness (QED) is 0.0320. The molecule has 6 nitrogen and oxygen atoms in total. The van der Waals surface area contributed by atoms with Crippen molar-refractivity contribution in [1.29, 1.82) is 0 Å². The van der Waals surface area contributed by atoms with Gasteiger partial charge in [0.05, 0.1) is 25.4 Å². The van der Waals surface area contributed by atoms with Crippen LogP contribution in [0, 0.1) is 0 Å². The summed E-state index contributed by atoms with van der Waals surface area (Å²) in [5.41, 5.74) is 0. The van der Waals surface area contributed by atoms with E-state index < -0.39 is 12.1 Å². The van der Waals surface area contributed by atoms with Gasteiger partial charge in [-0.3, -0.25) is 9.59 Å². The number of carbonyl (C=O) groups excluding carboxylic acids is 2. The summed E-state index contributed by atoms with van der Waals surface area (Å²) in [6, 6.07) is -0.629. The van der Waals surface area contributed by atoms with Crippen molar-refractivity contribution in [1.82, 2.24) is 5.32 Å². The van der Waals surface area contributed by atoms with Crippen molar-refractivity contribution in [3.05, 3.63) is 36.5 Å². The summed E-state index contributed by atoms with van der Waals surface area (Å²) in [6.07, 6.45) is 85.0. The highest BCUT2D eigenvalue weighted by Gasteiger charge is 2.18. The van der Waals surface area contributed by atoms with E-state index in [4.69, 9.17) is 4.74 Å². The van der Waals surface area contributed by atoms with E-state index in [0.29, 0.717) is 19.4 Å². The van der Waals surface area contributed by atoms with Crippen LogP contribution < -0.4 is 5.32 Å². The molecule has 454 valence electrons. The molecule has 0 spiro atoms. The maximum absolute atomic E-state index is 12.5. The van der Waals surface area contributed by atoms with Crippen LogP contribution in [0.15, 0.2) is 36.5 Å². The number of unbranched alkanes of at least 4 members (excludes halogenated alkanes) is 50. The number of amides is 1. The molecule has 0 radical (unpaired) electrons. The Morgan fingerprint density at radius 2 is 0.610 bits per heavy atom. The van der Waals surface area contributed by atoms with E-state index >= 15 is 0 Å². The summed E-state index contributed by atoms with van der Waals surface area (Å²) in [5.74, 6) is -0.0584. The average molecular weight is 1080 g/mol. The number of nitrogens with one attached hydrogen (secondary N) is 1. The number of ether oxygens (including phenoxy) is 1. The Bertz CT molecular complexity index is 1250. The van der Waals surface area contributed by atoms with Crippen molar-refractivity contribution in [3.8, 4) is 0 Å². The lowest BCUT2D eigenvalue weighted by molar-refractivity contribution is -0.143. The fourth-order valence-corrected chi connectivity index (χ4v) is 10.8. The van der Waals surface area contributed by atoms with Crippen molar-refractivity contribution in [2.45, 2.75) is 392 Å². The van der Waals surface area contributed by atoms with E-state index in [0.717, 1.165) is 44.9 Å². The summed E-state index contributed by atoms with van der Waals surface area (Å²) in [4.78, 5) is 24.5. The Morgan fingerprint density at radius 3 is 0.935 bits per heavy atom. The van der Waals surface area contributed by atoms with Crippen LogP contribution >= 0.6 is 0 Å². The van der Waals surface area contributed by atoms with E-state index in [9.17, 15) is 19.8 Å². The standard InChI is InChI=1S/C71H135NO5/c1-3-5-7-9-11-13-15-17-18-19-30-33-36-40-43-47-51-55-59-63-69(74)68(67-73)72-70(75)64-60-56-52-48-44-41-37-34-31-28-26-24-22-20-21-23-25-27-29-32-35-38-42-46-50-54-58-62-66-77-71(76)65-61-57-53-49-45-39-16-14-12-10-8-6-4-2/h14,16,20-21,59,63,68-69,73-74H,3-13,15,17-19,22-58,60-62,64-67H2,1-2H3,(H,72,75)/b16-14-,21-20-,63-59+. The van der Waals surface area contributed by atoms with Crippen LogP contribution in [0.4, 0.5) is 0 Å². The van der Waals surface area contributed by atoms with Gasteiger partial charge in [-0.2, -0.15) is 0 Å². The van der Waals surface area contributed by atoms with E-state index in [-0.39, 0.29) is 18.5 Å². The predicted octanol–water partition coefficient (Wildman–Crippen LogP) is 22.3. The summed E-state index contributed by atoms with van der Waals surface area (Å²) >= 11 is 0. The SMILES string of the molecule is CCCCCC/C=C\CCCCCCCC(=O)OCCCCCCCCCCCCCC/C=C\CCCCCCCCCCCCCCC(=O)NC(CO)C(O)/C=C/CCCCCCCCCCCCCCCCCCC. The van der Waals surface area contributed by atoms with Crippen LogP contribution in [-0.2, 0) is 14.3 Å². The smallest absolute Gasteiger partial charge is 0.305 e. The Morgan fingerprint density at radius 1 is 0.351 bits per heavy atom. The highest BCUT2D eigenvalue weighted by atomic mass is 16.5. The Kier molecular flexibility index (Phi) is 64.9. The second-order valence-electron chi connectivity index (χ2n) is 23.9. The zero-order chi connectivity index (χ0) is 55.7. The first-order chi connectivity index (χ1) is 38.0. The number of aliphatic hydroxyl groups excluding tert-OH is 2. The van der Waals surface area contributed by atoms with Crippen molar-refractivity contribution in [2.75, 3.05) is 13.2 Å². The van der Waals surface area contributed by atoms with Crippen molar-refractivity contribution >= 4 is 11.9 Å². The Labute approximate surface area is 481 Å². The topological polar surface area (TPSA) is 95.9 Å². The highest BCUT2D eigenvalue weighted by Crippen LogP contribution is 2.18. The summed E-state index contributed by atoms with van der Waals surface area (Å²) in [5, 5.41) is 23.2. The maximum Gasteiger partial charge on any atom is 0.305 e. The maximum atomic E-state index is 12.5. The number of aliphatic hydroxyl groups is 2. The molecule has 6 heteroatoms. The average Bonchev–Trinajstić information content (AvgIpc) is 3.43. The molecule has 0 rings (SSSR count). The third-order valence-electron chi connectivity index (χ3n) is 16.1. The lowest BCUT2D eigenvalue weighted by Gasteiger charge is -2.20. The largest absolute Gasteiger partial charge is 0.466 e. The summed E-state index contributed by atoms with van der Waals surface area (Å²) in [7, 11) is 0. The van der Waals surface area contributed by atoms with Gasteiger partial charge in [-0.15, -0.1) is 0 Å². The van der Waals surface area contributed by atoms with Gasteiger partial charge < -0.3 is 20.3 Å². The van der Waals surface area contributed by atoms with E-state index in [1.54, 1.807) is 6.08 Å². The highest BCUT2D eigenvalue weighted by molar-refractivity contribution is 5.76. The molecule has 0 aromatic rings. The lowest BCUT2D eigenvalue weighted by Crippen LogP contribution is -2.45. The summed E-state index contributed by atoms with van der Waals surface area (Å²) < 4.78 is 5.48. The van der Waals surface area contributed by atoms with E-state index in [1.165, 1.54) is 308 Å². The first kappa shape index (κ1) is 75.1. The van der Waals surface area contributed by atoms with Crippen LogP contribution in [0.5, 0.6) is 0 Å². The molecule has 0 saturated carbocycles. The molecule has 0 aliphatic rings. The van der Waals surface area contributed by atoms with E-state index in [2.05, 4.69) is 43.5 Å². The first-order valence-corrected chi connectivity index (χ1v) is 34.8. The molecule has 2 atom stereocenters. The minimum atomic E-state index is -0.845. The molecule has 0 aliphatic heterocycles. The van der Waals surface area contributed by atoms with Crippen molar-refractivity contribution < 1.29 is 24.5 Å². The van der Waals surface area contributed by atoms with Crippen LogP contribution in [0.3, 0.4) is 0 Å². The second kappa shape index (κ2) is 66.6. The zero-order valence-electron chi connectivity index (χ0n) is 52.0. The molecule has 0 aliphatic carbocycles. The third kappa shape index (κ3) is 63.1. The molecule has 0 heterocycles. The van der Waals surface area contributed by atoms with Gasteiger partial charge in [-0.1, -0.05) is 320 Å². The van der Waals surface area contributed by atoms with Crippen LogP contribution in [-0.4, -0.2) is 47.4 Å². The van der Waals surface area contributed by atoms with E-state index in [1.807, 2.05) is 6.08 Å². The van der Waals surface area contributed by atoms with Gasteiger partial charge in [-0.05, 0) is 83.5 Å². The third-order valence-corrected chi connectivity index (χ3v) is 16.1. The number of rotatable bonds is 65. The molecule has 0 aromatic carbocycles. The minimum Gasteiger partial charge on any atom is -0.466 e. The van der Waals surface area contributed by atoms with Gasteiger partial charge in [0.2, 0.25) is 5.91 Å². The molecule has 0 aromatic heterocycles. The zero-order valence-corrected chi connectivity index (χ0v) is 52.0. The van der Waals surface area contributed by atoms with Gasteiger partial charge in [0, 0.05) is 12.8 Å². The first-order valence-electron chi connectivity index (χ1n) is 34.8. The molecule has 0 saturated heterocycles. The van der Waals surface area contributed by atoms with Gasteiger partial charge in [0.15, 0.2) is 0 Å². The Balaban J connectivity index is 3.41. The number of allylic oxidation sites excluding steroid dienone is 5. The normalized spacial score (nSPS) is 12.7. The molecular weight excluding hydrogens is 947 g/mol. The van der Waals surface area contributed by atoms with Crippen molar-refractivity contribution in [3.63, 3.8) is 0 Å². The molecule has 3 N–H and O–H groups in total. The monoisotopic (exact) mass is 1080 g/mol. The lowest BCUT2D eigenvalue weighted by atomic mass is 10.0. The molecule has 2 unspecified atom stereocenters. The van der Waals surface area contributed by atoms with Crippen LogP contribution in [0.1, 0.15) is 380 Å². The van der Waals surface area contributed by atoms with Crippen LogP contribution in [0.25, 0.3) is 0 Å². The second-order valence-corrected chi connectivity index (χ2v) is 23.9. The summed E-state index contributed by atoms with van der Waals surface area (Å²) in [6.45, 7) is 4.92. The molecule has 77 heavy (non-hydrogen) atoms. The van der Waals surface area contributed by atoms with Gasteiger partial charge in [-0.25, -0.2) is 0 Å². The van der Waals surface area contributed by atoms with Gasteiger partial charge in [0.1, 0.15) is 0 Å². The van der Waals surface area contributed by atoms with Gasteiger partial charge >= 0.3 is 5.97 Å². The molecule has 0 fully saturated rings. The van der Waals surface area contributed by atoms with Gasteiger partial charge in [0.25, 0.3) is 0 Å².